The van der Waals surface area contributed by atoms with Crippen LogP contribution in [0.1, 0.15) is 48.7 Å². The lowest BCUT2D eigenvalue weighted by atomic mass is 10.0. The van der Waals surface area contributed by atoms with Gasteiger partial charge in [-0.3, -0.25) is 9.59 Å². The molecule has 29 heavy (non-hydrogen) atoms. The number of ketones is 1. The van der Waals surface area contributed by atoms with Gasteiger partial charge in [0, 0.05) is 24.1 Å². The van der Waals surface area contributed by atoms with Gasteiger partial charge in [0.1, 0.15) is 17.5 Å². The Morgan fingerprint density at radius 3 is 2.62 bits per heavy atom. The molecule has 3 atom stereocenters. The number of anilines is 1. The number of Topliss-reactive ketones (excluding diaryl/α,β-unsaturated/α-hetero) is 1. The van der Waals surface area contributed by atoms with Crippen LogP contribution < -0.4 is 19.7 Å². The maximum atomic E-state index is 13.0. The van der Waals surface area contributed by atoms with Crippen molar-refractivity contribution >= 4 is 17.4 Å². The van der Waals surface area contributed by atoms with E-state index in [4.69, 9.17) is 9.47 Å². The van der Waals surface area contributed by atoms with E-state index in [0.717, 1.165) is 36.4 Å². The third kappa shape index (κ3) is 4.59. The number of benzene rings is 2. The van der Waals surface area contributed by atoms with Gasteiger partial charge in [-0.2, -0.15) is 0 Å². The highest BCUT2D eigenvalue weighted by molar-refractivity contribution is 5.98. The van der Waals surface area contributed by atoms with Gasteiger partial charge in [-0.1, -0.05) is 12.1 Å². The number of quaternary nitrogens is 1. The molecule has 6 heteroatoms. The fraction of sp³-hybridized carbons (Fsp3) is 0.391. The fourth-order valence-electron chi connectivity index (χ4n) is 4.09. The molecule has 1 fully saturated rings. The van der Waals surface area contributed by atoms with E-state index in [1.54, 1.807) is 38.5 Å². The van der Waals surface area contributed by atoms with E-state index in [1.165, 1.54) is 11.8 Å². The van der Waals surface area contributed by atoms with Gasteiger partial charge in [-0.15, -0.1) is 0 Å². The molecule has 0 bridgehead atoms. The Morgan fingerprint density at radius 2 is 1.93 bits per heavy atom. The summed E-state index contributed by atoms with van der Waals surface area (Å²) in [5.41, 5.74) is 2.30. The molecule has 2 aromatic carbocycles. The van der Waals surface area contributed by atoms with Crippen molar-refractivity contribution in [1.29, 1.82) is 0 Å². The van der Waals surface area contributed by atoms with Gasteiger partial charge in [0.15, 0.2) is 11.8 Å². The van der Waals surface area contributed by atoms with Crippen LogP contribution in [-0.4, -0.2) is 38.5 Å². The number of methoxy groups -OCH3 is 2. The van der Waals surface area contributed by atoms with Crippen molar-refractivity contribution in [2.24, 2.45) is 0 Å². The molecule has 3 rings (SSSR count). The summed E-state index contributed by atoms with van der Waals surface area (Å²) < 4.78 is 11.0. The highest BCUT2D eigenvalue weighted by Gasteiger charge is 2.38. The summed E-state index contributed by atoms with van der Waals surface area (Å²) in [6, 6.07) is 12.8. The smallest absolute Gasteiger partial charge is 0.282 e. The summed E-state index contributed by atoms with van der Waals surface area (Å²) in [6.45, 7) is 4.38. The highest BCUT2D eigenvalue weighted by Crippen LogP contribution is 2.32. The minimum atomic E-state index is -0.251. The number of ether oxygens (including phenoxy) is 2. The molecular weight excluding hydrogens is 368 g/mol. The van der Waals surface area contributed by atoms with E-state index in [0.29, 0.717) is 11.3 Å². The van der Waals surface area contributed by atoms with Gasteiger partial charge in [0.2, 0.25) is 0 Å². The summed E-state index contributed by atoms with van der Waals surface area (Å²) in [7, 11) is 3.31. The topological polar surface area (TPSA) is 69.1 Å². The first-order valence-electron chi connectivity index (χ1n) is 9.94. The fourth-order valence-corrected chi connectivity index (χ4v) is 4.09. The van der Waals surface area contributed by atoms with Crippen molar-refractivity contribution in [3.63, 3.8) is 0 Å². The quantitative estimate of drug-likeness (QED) is 0.705. The summed E-state index contributed by atoms with van der Waals surface area (Å²) in [5, 5.41) is 2.97. The molecule has 0 radical (unpaired) electrons. The number of hydrogen-bond acceptors (Lipinski definition) is 4. The van der Waals surface area contributed by atoms with E-state index >= 15 is 0 Å². The van der Waals surface area contributed by atoms with Gasteiger partial charge in [-0.25, -0.2) is 0 Å². The molecule has 1 aliphatic rings. The normalized spacial score (nSPS) is 19.4. The number of hydrogen-bond donors (Lipinski definition) is 2. The lowest BCUT2D eigenvalue weighted by Gasteiger charge is -2.28. The minimum Gasteiger partial charge on any atom is -0.497 e. The summed E-state index contributed by atoms with van der Waals surface area (Å²) in [6.07, 6.45) is 2.02. The number of carbonyl (C=O) groups excluding carboxylic acids is 2. The van der Waals surface area contributed by atoms with E-state index in [1.807, 2.05) is 25.1 Å². The van der Waals surface area contributed by atoms with Crippen LogP contribution in [0.4, 0.5) is 5.69 Å². The second kappa shape index (κ2) is 9.09. The standard InChI is InChI=1S/C23H28N2O4/c1-15(23(27)24-18-8-5-7-17(13-18)16(2)26)25-12-6-9-21(25)20-14-19(28-3)10-11-22(20)29-4/h5,7-8,10-11,13-15,21H,6,9,12H2,1-4H3,(H,24,27)/p+1/t15-,21-/m1/s1. The molecule has 1 saturated heterocycles. The van der Waals surface area contributed by atoms with Crippen molar-refractivity contribution in [2.45, 2.75) is 38.8 Å². The van der Waals surface area contributed by atoms with Crippen LogP contribution in [0.2, 0.25) is 0 Å². The first-order valence-corrected chi connectivity index (χ1v) is 9.94. The predicted octanol–water partition coefficient (Wildman–Crippen LogP) is 2.65. The third-order valence-corrected chi connectivity index (χ3v) is 5.70. The SMILES string of the molecule is COc1ccc(OC)c([C@H]2CCC[NH+]2[C@H](C)C(=O)Nc2cccc(C(C)=O)c2)c1. The van der Waals surface area contributed by atoms with Crippen LogP contribution in [0.25, 0.3) is 0 Å². The maximum absolute atomic E-state index is 13.0. The Morgan fingerprint density at radius 1 is 1.14 bits per heavy atom. The molecule has 0 aliphatic carbocycles. The van der Waals surface area contributed by atoms with Crippen molar-refractivity contribution in [3.8, 4) is 11.5 Å². The third-order valence-electron chi connectivity index (χ3n) is 5.70. The molecule has 0 spiro atoms. The second-order valence-electron chi connectivity index (χ2n) is 7.48. The summed E-state index contributed by atoms with van der Waals surface area (Å²) in [4.78, 5) is 25.8. The summed E-state index contributed by atoms with van der Waals surface area (Å²) in [5.74, 6) is 1.51. The summed E-state index contributed by atoms with van der Waals surface area (Å²) >= 11 is 0. The van der Waals surface area contributed by atoms with Crippen LogP contribution in [0.5, 0.6) is 11.5 Å². The van der Waals surface area contributed by atoms with Crippen LogP contribution in [0.3, 0.4) is 0 Å². The van der Waals surface area contributed by atoms with E-state index in [9.17, 15) is 9.59 Å². The Hall–Kier alpha value is -2.86. The number of carbonyl (C=O) groups is 2. The molecule has 0 aromatic heterocycles. The average molecular weight is 397 g/mol. The zero-order valence-corrected chi connectivity index (χ0v) is 17.5. The zero-order valence-electron chi connectivity index (χ0n) is 17.5. The molecule has 0 saturated carbocycles. The molecule has 1 unspecified atom stereocenters. The number of amides is 1. The number of likely N-dealkylation sites (tertiary alicyclic amines) is 1. The van der Waals surface area contributed by atoms with Gasteiger partial charge in [0.05, 0.1) is 26.3 Å². The van der Waals surface area contributed by atoms with Gasteiger partial charge >= 0.3 is 0 Å². The Labute approximate surface area is 171 Å². The van der Waals surface area contributed by atoms with Crippen molar-refractivity contribution in [1.82, 2.24) is 0 Å². The molecule has 1 amide bonds. The Bertz CT molecular complexity index is 896. The average Bonchev–Trinajstić information content (AvgIpc) is 3.22. The lowest BCUT2D eigenvalue weighted by Crippen LogP contribution is -3.15. The largest absolute Gasteiger partial charge is 0.497 e. The van der Waals surface area contributed by atoms with Gasteiger partial charge in [-0.05, 0) is 44.2 Å². The second-order valence-corrected chi connectivity index (χ2v) is 7.48. The van der Waals surface area contributed by atoms with E-state index < -0.39 is 0 Å². The first kappa shape index (κ1) is 20.9. The number of rotatable bonds is 7. The van der Waals surface area contributed by atoms with Crippen molar-refractivity contribution in [2.75, 3.05) is 26.1 Å². The first-order chi connectivity index (χ1) is 13.9. The molecule has 2 aromatic rings. The molecular formula is C23H29N2O4+. The zero-order chi connectivity index (χ0) is 21.0. The Kier molecular flexibility index (Phi) is 6.54. The van der Waals surface area contributed by atoms with Crippen molar-refractivity contribution in [3.05, 3.63) is 53.6 Å². The maximum Gasteiger partial charge on any atom is 0.282 e. The van der Waals surface area contributed by atoms with Crippen LogP contribution in [0, 0.1) is 0 Å². The van der Waals surface area contributed by atoms with Crippen LogP contribution in [-0.2, 0) is 4.79 Å². The van der Waals surface area contributed by atoms with Gasteiger partial charge < -0.3 is 19.7 Å². The lowest BCUT2D eigenvalue weighted by molar-refractivity contribution is -0.932. The van der Waals surface area contributed by atoms with Crippen LogP contribution >= 0.6 is 0 Å². The van der Waals surface area contributed by atoms with Crippen LogP contribution in [0.15, 0.2) is 42.5 Å². The van der Waals surface area contributed by atoms with E-state index in [-0.39, 0.29) is 23.8 Å². The van der Waals surface area contributed by atoms with E-state index in [2.05, 4.69) is 5.32 Å². The highest BCUT2D eigenvalue weighted by atomic mass is 16.5. The predicted molar refractivity (Wildman–Crippen MR) is 112 cm³/mol. The minimum absolute atomic E-state index is 0.0236. The molecule has 6 nitrogen and oxygen atoms in total. The Balaban J connectivity index is 1.79. The number of nitrogens with one attached hydrogen (secondary N) is 2. The molecule has 1 aliphatic heterocycles. The molecule has 2 N–H and O–H groups in total. The van der Waals surface area contributed by atoms with Gasteiger partial charge in [0.25, 0.3) is 5.91 Å². The van der Waals surface area contributed by atoms with Crippen molar-refractivity contribution < 1.29 is 24.0 Å². The molecule has 154 valence electrons. The molecule has 1 heterocycles. The monoisotopic (exact) mass is 397 g/mol.